The first kappa shape index (κ1) is 21.0. The summed E-state index contributed by atoms with van der Waals surface area (Å²) in [7, 11) is 1.62. The fraction of sp³-hybridized carbons (Fsp3) is 0.500. The number of anilines is 2. The Bertz CT molecular complexity index is 1080. The van der Waals surface area contributed by atoms with Gasteiger partial charge in [0.1, 0.15) is 29.2 Å². The van der Waals surface area contributed by atoms with E-state index in [-0.39, 0.29) is 18.8 Å². The quantitative estimate of drug-likeness (QED) is 0.522. The molecule has 0 spiro atoms. The molecule has 0 amide bonds. The molecule has 0 saturated carbocycles. The van der Waals surface area contributed by atoms with E-state index in [0.717, 1.165) is 11.8 Å². The fourth-order valence-electron chi connectivity index (χ4n) is 3.59. The highest BCUT2D eigenvalue weighted by atomic mass is 16.6. The predicted octanol–water partition coefficient (Wildman–Crippen LogP) is 1.61. The summed E-state index contributed by atoms with van der Waals surface area (Å²) >= 11 is 0. The van der Waals surface area contributed by atoms with Crippen LogP contribution in [0.4, 0.5) is 11.6 Å². The zero-order valence-electron chi connectivity index (χ0n) is 17.5. The van der Waals surface area contributed by atoms with E-state index >= 15 is 0 Å². The number of hydrogen-bond donors (Lipinski definition) is 2. The topological polar surface area (TPSA) is 132 Å². The summed E-state index contributed by atoms with van der Waals surface area (Å²) < 4.78 is 20.1. The third kappa shape index (κ3) is 4.46. The maximum atomic E-state index is 9.53. The molecule has 3 aromatic heterocycles. The van der Waals surface area contributed by atoms with Crippen molar-refractivity contribution in [2.75, 3.05) is 38.9 Å². The summed E-state index contributed by atoms with van der Waals surface area (Å²) in [6.45, 7) is 3.87. The molecule has 0 aromatic carbocycles. The second-order valence-electron chi connectivity index (χ2n) is 7.35. The molecular weight excluding hydrogens is 402 g/mol. The van der Waals surface area contributed by atoms with Crippen LogP contribution in [0.1, 0.15) is 25.1 Å². The van der Waals surface area contributed by atoms with Crippen LogP contribution in [0.5, 0.6) is 5.88 Å². The number of methoxy groups -OCH3 is 1. The van der Waals surface area contributed by atoms with E-state index in [0.29, 0.717) is 55.2 Å². The van der Waals surface area contributed by atoms with Gasteiger partial charge in [-0.15, -0.1) is 5.10 Å². The Hall–Kier alpha value is -3.20. The number of aromatic nitrogens is 5. The van der Waals surface area contributed by atoms with Gasteiger partial charge in [0.05, 0.1) is 45.2 Å². The minimum atomic E-state index is -0.0771. The highest BCUT2D eigenvalue weighted by molar-refractivity contribution is 5.79. The second kappa shape index (κ2) is 9.30. The Morgan fingerprint density at radius 3 is 3.06 bits per heavy atom. The van der Waals surface area contributed by atoms with Crippen LogP contribution in [-0.4, -0.2) is 69.1 Å². The van der Waals surface area contributed by atoms with Crippen molar-refractivity contribution in [3.63, 3.8) is 0 Å². The highest BCUT2D eigenvalue weighted by Gasteiger charge is 2.22. The van der Waals surface area contributed by atoms with Crippen LogP contribution < -0.4 is 10.1 Å². The SMILES string of the molecule is COC[C@H](C)n1c(C#N)cc2cnc(Nc3cn(CCO)nc3O[C@H]3CCOC3)nc21. The normalized spacial score (nSPS) is 17.0. The summed E-state index contributed by atoms with van der Waals surface area (Å²) in [4.78, 5) is 9.02. The van der Waals surface area contributed by atoms with Crippen molar-refractivity contribution >= 4 is 22.7 Å². The molecule has 0 unspecified atom stereocenters. The second-order valence-corrected chi connectivity index (χ2v) is 7.35. The summed E-state index contributed by atoms with van der Waals surface area (Å²) in [5, 5.41) is 27.1. The van der Waals surface area contributed by atoms with Crippen molar-refractivity contribution in [3.8, 4) is 11.9 Å². The van der Waals surface area contributed by atoms with Gasteiger partial charge in [0.25, 0.3) is 5.88 Å². The van der Waals surface area contributed by atoms with Gasteiger partial charge in [-0.05, 0) is 13.0 Å². The Kier molecular flexibility index (Phi) is 6.31. The lowest BCUT2D eigenvalue weighted by Crippen LogP contribution is -2.17. The lowest BCUT2D eigenvalue weighted by Gasteiger charge is -2.15. The first-order chi connectivity index (χ1) is 15.1. The number of nitriles is 1. The van der Waals surface area contributed by atoms with E-state index in [1.165, 1.54) is 0 Å². The van der Waals surface area contributed by atoms with E-state index in [4.69, 9.17) is 14.2 Å². The first-order valence-electron chi connectivity index (χ1n) is 10.1. The minimum absolute atomic E-state index is 0.0442. The van der Waals surface area contributed by atoms with Crippen molar-refractivity contribution in [3.05, 3.63) is 24.2 Å². The van der Waals surface area contributed by atoms with Crippen LogP contribution in [-0.2, 0) is 16.0 Å². The van der Waals surface area contributed by atoms with Gasteiger partial charge in [-0.2, -0.15) is 10.2 Å². The van der Waals surface area contributed by atoms with E-state index in [2.05, 4.69) is 26.5 Å². The van der Waals surface area contributed by atoms with Gasteiger partial charge in [0.2, 0.25) is 5.95 Å². The monoisotopic (exact) mass is 427 g/mol. The number of nitrogens with zero attached hydrogens (tertiary/aromatic N) is 6. The molecule has 1 aliphatic heterocycles. The van der Waals surface area contributed by atoms with Crippen LogP contribution in [0.15, 0.2) is 18.5 Å². The van der Waals surface area contributed by atoms with Gasteiger partial charge in [-0.25, -0.2) is 4.98 Å². The van der Waals surface area contributed by atoms with Gasteiger partial charge in [0.15, 0.2) is 0 Å². The molecule has 0 radical (unpaired) electrons. The van der Waals surface area contributed by atoms with Gasteiger partial charge in [-0.1, -0.05) is 0 Å². The molecule has 4 rings (SSSR count). The summed E-state index contributed by atoms with van der Waals surface area (Å²) in [5.74, 6) is 0.741. The molecule has 2 atom stereocenters. The third-order valence-corrected chi connectivity index (χ3v) is 5.01. The van der Waals surface area contributed by atoms with Crippen LogP contribution in [0.2, 0.25) is 0 Å². The standard InChI is InChI=1S/C20H25N7O4/c1-13(11-29-2)27-15(8-21)7-14-9-22-20(24-18(14)27)23-17-10-26(4-5-28)25-19(17)31-16-3-6-30-12-16/h7,9-10,13,16,28H,3-6,11-12H2,1-2H3,(H,22,23,24)/t13-,16-/m0/s1. The molecule has 1 saturated heterocycles. The number of aliphatic hydroxyl groups is 1. The maximum Gasteiger partial charge on any atom is 0.257 e. The molecule has 164 valence electrons. The zero-order valence-corrected chi connectivity index (χ0v) is 17.5. The van der Waals surface area contributed by atoms with Crippen molar-refractivity contribution in [2.24, 2.45) is 0 Å². The van der Waals surface area contributed by atoms with Crippen LogP contribution in [0.25, 0.3) is 11.0 Å². The molecule has 11 nitrogen and oxygen atoms in total. The average molecular weight is 427 g/mol. The number of hydrogen-bond acceptors (Lipinski definition) is 9. The lowest BCUT2D eigenvalue weighted by atomic mass is 10.3. The van der Waals surface area contributed by atoms with Crippen molar-refractivity contribution in [1.82, 2.24) is 24.3 Å². The van der Waals surface area contributed by atoms with E-state index in [1.54, 1.807) is 30.3 Å². The third-order valence-electron chi connectivity index (χ3n) is 5.01. The van der Waals surface area contributed by atoms with E-state index in [9.17, 15) is 10.4 Å². The number of ether oxygens (including phenoxy) is 3. The Labute approximate surface area is 179 Å². The Balaban J connectivity index is 1.66. The summed E-state index contributed by atoms with van der Waals surface area (Å²) in [5.41, 5.74) is 1.71. The lowest BCUT2D eigenvalue weighted by molar-refractivity contribution is 0.137. The van der Waals surface area contributed by atoms with Crippen molar-refractivity contribution in [2.45, 2.75) is 32.0 Å². The van der Waals surface area contributed by atoms with Crippen LogP contribution in [0, 0.1) is 11.3 Å². The summed E-state index contributed by atoms with van der Waals surface area (Å²) in [6.07, 6.45) is 4.12. The summed E-state index contributed by atoms with van der Waals surface area (Å²) in [6, 6.07) is 3.90. The first-order valence-corrected chi connectivity index (χ1v) is 10.1. The molecule has 2 N–H and O–H groups in total. The van der Waals surface area contributed by atoms with Gasteiger partial charge in [-0.3, -0.25) is 4.68 Å². The molecule has 1 fully saturated rings. The average Bonchev–Trinajstić information content (AvgIpc) is 3.48. The van der Waals surface area contributed by atoms with Gasteiger partial charge >= 0.3 is 0 Å². The van der Waals surface area contributed by atoms with E-state index < -0.39 is 0 Å². The number of aliphatic hydroxyl groups excluding tert-OH is 1. The van der Waals surface area contributed by atoms with Crippen molar-refractivity contribution < 1.29 is 19.3 Å². The Morgan fingerprint density at radius 2 is 2.35 bits per heavy atom. The molecule has 31 heavy (non-hydrogen) atoms. The molecule has 11 heteroatoms. The smallest absolute Gasteiger partial charge is 0.257 e. The minimum Gasteiger partial charge on any atom is -0.469 e. The van der Waals surface area contributed by atoms with Gasteiger partial charge in [0, 0.05) is 25.1 Å². The van der Waals surface area contributed by atoms with Crippen LogP contribution >= 0.6 is 0 Å². The fourth-order valence-corrected chi connectivity index (χ4v) is 3.59. The number of nitrogens with one attached hydrogen (secondary N) is 1. The van der Waals surface area contributed by atoms with E-state index in [1.807, 2.05) is 11.5 Å². The largest absolute Gasteiger partial charge is 0.469 e. The van der Waals surface area contributed by atoms with Gasteiger partial charge < -0.3 is 29.2 Å². The predicted molar refractivity (Wildman–Crippen MR) is 111 cm³/mol. The van der Waals surface area contributed by atoms with Crippen LogP contribution in [0.3, 0.4) is 0 Å². The highest BCUT2D eigenvalue weighted by Crippen LogP contribution is 2.29. The Morgan fingerprint density at radius 1 is 1.48 bits per heavy atom. The molecule has 3 aromatic rings. The molecule has 0 bridgehead atoms. The number of rotatable bonds is 9. The molecule has 0 aliphatic carbocycles. The number of fused-ring (bicyclic) bond motifs is 1. The maximum absolute atomic E-state index is 9.53. The molecule has 4 heterocycles. The molecular formula is C20H25N7O4. The molecule has 1 aliphatic rings. The zero-order chi connectivity index (χ0) is 21.8. The van der Waals surface area contributed by atoms with Crippen molar-refractivity contribution in [1.29, 1.82) is 5.26 Å².